The SMILES string of the molecule is CCc1cccc(C)c1Nc1ccnc(C(=O)N2CCN(C)CC2)c1. The molecular weight excluding hydrogens is 312 g/mol. The van der Waals surface area contributed by atoms with E-state index in [4.69, 9.17) is 0 Å². The molecular formula is C20H26N4O. The Balaban J connectivity index is 1.79. The van der Waals surface area contributed by atoms with Gasteiger partial charge in [-0.15, -0.1) is 0 Å². The number of hydrogen-bond donors (Lipinski definition) is 1. The Morgan fingerprint density at radius 2 is 1.96 bits per heavy atom. The highest BCUT2D eigenvalue weighted by molar-refractivity contribution is 5.93. The van der Waals surface area contributed by atoms with Crippen molar-refractivity contribution in [2.24, 2.45) is 0 Å². The van der Waals surface area contributed by atoms with Crippen LogP contribution in [-0.2, 0) is 6.42 Å². The van der Waals surface area contributed by atoms with Crippen LogP contribution in [0.25, 0.3) is 0 Å². The molecule has 2 heterocycles. The van der Waals surface area contributed by atoms with Crippen LogP contribution in [0.15, 0.2) is 36.5 Å². The average molecular weight is 338 g/mol. The molecule has 0 bridgehead atoms. The molecule has 0 aliphatic carbocycles. The number of anilines is 2. The average Bonchev–Trinajstić information content (AvgIpc) is 2.63. The van der Waals surface area contributed by atoms with Crippen LogP contribution in [0.2, 0.25) is 0 Å². The summed E-state index contributed by atoms with van der Waals surface area (Å²) in [5, 5.41) is 3.48. The van der Waals surface area contributed by atoms with Gasteiger partial charge in [0.05, 0.1) is 0 Å². The lowest BCUT2D eigenvalue weighted by molar-refractivity contribution is 0.0658. The predicted molar refractivity (Wildman–Crippen MR) is 101 cm³/mol. The first-order valence-electron chi connectivity index (χ1n) is 8.88. The van der Waals surface area contributed by atoms with Crippen molar-refractivity contribution in [1.29, 1.82) is 0 Å². The maximum Gasteiger partial charge on any atom is 0.272 e. The van der Waals surface area contributed by atoms with Crippen LogP contribution in [0.5, 0.6) is 0 Å². The van der Waals surface area contributed by atoms with Gasteiger partial charge < -0.3 is 15.1 Å². The van der Waals surface area contributed by atoms with E-state index in [1.54, 1.807) is 6.20 Å². The Bertz CT molecular complexity index is 751. The molecule has 1 N–H and O–H groups in total. The number of carbonyl (C=O) groups is 1. The minimum absolute atomic E-state index is 0.0113. The molecule has 1 fully saturated rings. The fourth-order valence-corrected chi connectivity index (χ4v) is 3.14. The van der Waals surface area contributed by atoms with Crippen molar-refractivity contribution in [3.63, 3.8) is 0 Å². The molecule has 0 unspecified atom stereocenters. The number of nitrogens with zero attached hydrogens (tertiary/aromatic N) is 3. The van der Waals surface area contributed by atoms with Crippen LogP contribution in [0.1, 0.15) is 28.5 Å². The normalized spacial score (nSPS) is 15.2. The number of benzene rings is 1. The van der Waals surface area contributed by atoms with Crippen molar-refractivity contribution in [2.75, 3.05) is 38.5 Å². The number of likely N-dealkylation sites (N-methyl/N-ethyl adjacent to an activating group) is 1. The number of aromatic nitrogens is 1. The molecule has 25 heavy (non-hydrogen) atoms. The van der Waals surface area contributed by atoms with Crippen molar-refractivity contribution < 1.29 is 4.79 Å². The zero-order chi connectivity index (χ0) is 17.8. The second-order valence-electron chi connectivity index (χ2n) is 6.61. The van der Waals surface area contributed by atoms with Crippen molar-refractivity contribution in [3.8, 4) is 0 Å². The number of carbonyl (C=O) groups excluding carboxylic acids is 1. The number of pyridine rings is 1. The summed E-state index contributed by atoms with van der Waals surface area (Å²) in [4.78, 5) is 21.1. The molecule has 1 amide bonds. The first-order valence-corrected chi connectivity index (χ1v) is 8.88. The smallest absolute Gasteiger partial charge is 0.272 e. The molecule has 3 rings (SSSR count). The van der Waals surface area contributed by atoms with Crippen LogP contribution in [0.3, 0.4) is 0 Å². The summed E-state index contributed by atoms with van der Waals surface area (Å²) >= 11 is 0. The van der Waals surface area contributed by atoms with E-state index < -0.39 is 0 Å². The maximum atomic E-state index is 12.7. The zero-order valence-electron chi connectivity index (χ0n) is 15.2. The summed E-state index contributed by atoms with van der Waals surface area (Å²) in [7, 11) is 2.08. The third-order valence-corrected chi connectivity index (χ3v) is 4.78. The van der Waals surface area contributed by atoms with Gasteiger partial charge in [0, 0.05) is 43.8 Å². The number of hydrogen-bond acceptors (Lipinski definition) is 4. The van der Waals surface area contributed by atoms with E-state index in [1.807, 2.05) is 17.0 Å². The molecule has 1 aromatic carbocycles. The van der Waals surface area contributed by atoms with Gasteiger partial charge in [0.1, 0.15) is 5.69 Å². The van der Waals surface area contributed by atoms with E-state index >= 15 is 0 Å². The van der Waals surface area contributed by atoms with Gasteiger partial charge >= 0.3 is 0 Å². The van der Waals surface area contributed by atoms with E-state index in [0.29, 0.717) is 5.69 Å². The predicted octanol–water partition coefficient (Wildman–Crippen LogP) is 3.08. The molecule has 5 heteroatoms. The topological polar surface area (TPSA) is 48.5 Å². The number of piperazine rings is 1. The summed E-state index contributed by atoms with van der Waals surface area (Å²) in [5.74, 6) is 0.0113. The lowest BCUT2D eigenvalue weighted by Crippen LogP contribution is -2.47. The first kappa shape index (κ1) is 17.4. The molecule has 2 aromatic rings. The highest BCUT2D eigenvalue weighted by Gasteiger charge is 2.21. The van der Waals surface area contributed by atoms with Crippen molar-refractivity contribution >= 4 is 17.3 Å². The van der Waals surface area contributed by atoms with Crippen molar-refractivity contribution in [1.82, 2.24) is 14.8 Å². The number of amides is 1. The maximum absolute atomic E-state index is 12.7. The van der Waals surface area contributed by atoms with E-state index in [-0.39, 0.29) is 5.91 Å². The molecule has 1 aliphatic heterocycles. The molecule has 1 aliphatic rings. The highest BCUT2D eigenvalue weighted by atomic mass is 16.2. The van der Waals surface area contributed by atoms with Crippen molar-refractivity contribution in [3.05, 3.63) is 53.3 Å². The summed E-state index contributed by atoms with van der Waals surface area (Å²) in [6, 6.07) is 10.1. The van der Waals surface area contributed by atoms with Crippen LogP contribution < -0.4 is 5.32 Å². The Morgan fingerprint density at radius 3 is 2.68 bits per heavy atom. The molecule has 1 aromatic heterocycles. The lowest BCUT2D eigenvalue weighted by Gasteiger charge is -2.32. The van der Waals surface area contributed by atoms with Gasteiger partial charge in [0.25, 0.3) is 5.91 Å². The molecule has 1 saturated heterocycles. The standard InChI is InChI=1S/C20H26N4O/c1-4-16-7-5-6-15(2)19(16)22-17-8-9-21-18(14-17)20(25)24-12-10-23(3)11-13-24/h5-9,14H,4,10-13H2,1-3H3,(H,21,22). The number of nitrogens with one attached hydrogen (secondary N) is 1. The summed E-state index contributed by atoms with van der Waals surface area (Å²) < 4.78 is 0. The fourth-order valence-electron chi connectivity index (χ4n) is 3.14. The summed E-state index contributed by atoms with van der Waals surface area (Å²) in [6.07, 6.45) is 2.66. The Morgan fingerprint density at radius 1 is 1.20 bits per heavy atom. The van der Waals surface area contributed by atoms with Gasteiger partial charge in [0.15, 0.2) is 0 Å². The third-order valence-electron chi connectivity index (χ3n) is 4.78. The quantitative estimate of drug-likeness (QED) is 0.931. The van der Waals surface area contributed by atoms with Crippen LogP contribution >= 0.6 is 0 Å². The molecule has 0 atom stereocenters. The van der Waals surface area contributed by atoms with Gasteiger partial charge in [-0.25, -0.2) is 0 Å². The second-order valence-corrected chi connectivity index (χ2v) is 6.61. The van der Waals surface area contributed by atoms with Gasteiger partial charge in [-0.2, -0.15) is 0 Å². The fraction of sp³-hybridized carbons (Fsp3) is 0.400. The Labute approximate surface area is 149 Å². The first-order chi connectivity index (χ1) is 12.1. The molecule has 0 spiro atoms. The summed E-state index contributed by atoms with van der Waals surface area (Å²) in [5.41, 5.74) is 4.98. The van der Waals surface area contributed by atoms with Gasteiger partial charge in [0.2, 0.25) is 0 Å². The number of rotatable bonds is 4. The van der Waals surface area contributed by atoms with E-state index in [0.717, 1.165) is 44.0 Å². The highest BCUT2D eigenvalue weighted by Crippen LogP contribution is 2.25. The minimum Gasteiger partial charge on any atom is -0.355 e. The Kier molecular flexibility index (Phi) is 5.34. The molecule has 5 nitrogen and oxygen atoms in total. The lowest BCUT2D eigenvalue weighted by atomic mass is 10.1. The van der Waals surface area contributed by atoms with Gasteiger partial charge in [-0.05, 0) is 43.7 Å². The summed E-state index contributed by atoms with van der Waals surface area (Å²) in [6.45, 7) is 7.58. The Hall–Kier alpha value is -2.40. The van der Waals surface area contributed by atoms with Crippen LogP contribution in [0.4, 0.5) is 11.4 Å². The number of aryl methyl sites for hydroxylation is 2. The van der Waals surface area contributed by atoms with E-state index in [1.165, 1.54) is 11.1 Å². The van der Waals surface area contributed by atoms with E-state index in [2.05, 4.69) is 54.3 Å². The largest absolute Gasteiger partial charge is 0.355 e. The van der Waals surface area contributed by atoms with Crippen LogP contribution in [0, 0.1) is 6.92 Å². The van der Waals surface area contributed by atoms with Gasteiger partial charge in [-0.1, -0.05) is 25.1 Å². The van der Waals surface area contributed by atoms with Crippen LogP contribution in [-0.4, -0.2) is 53.9 Å². The van der Waals surface area contributed by atoms with E-state index in [9.17, 15) is 4.79 Å². The van der Waals surface area contributed by atoms with Crippen molar-refractivity contribution in [2.45, 2.75) is 20.3 Å². The molecule has 132 valence electrons. The molecule has 0 saturated carbocycles. The minimum atomic E-state index is 0.0113. The second kappa shape index (κ2) is 7.66. The zero-order valence-corrected chi connectivity index (χ0v) is 15.2. The molecule has 0 radical (unpaired) electrons. The monoisotopic (exact) mass is 338 g/mol. The number of para-hydroxylation sites is 1. The van der Waals surface area contributed by atoms with Gasteiger partial charge in [-0.3, -0.25) is 9.78 Å². The third kappa shape index (κ3) is 3.99.